The topological polar surface area (TPSA) is 50.7 Å². The summed E-state index contributed by atoms with van der Waals surface area (Å²) in [4.78, 5) is 12.7. The van der Waals surface area contributed by atoms with Crippen molar-refractivity contribution in [2.24, 2.45) is 5.10 Å². The van der Waals surface area contributed by atoms with Gasteiger partial charge in [0.25, 0.3) is 0 Å². The van der Waals surface area contributed by atoms with Gasteiger partial charge in [-0.1, -0.05) is 29.3 Å². The van der Waals surface area contributed by atoms with E-state index >= 15 is 0 Å². The van der Waals surface area contributed by atoms with E-state index in [1.165, 1.54) is 18.0 Å². The third kappa shape index (κ3) is 5.78. The highest BCUT2D eigenvalue weighted by Crippen LogP contribution is 2.22. The molecule has 0 aliphatic rings. The quantitative estimate of drug-likeness (QED) is 0.471. The van der Waals surface area contributed by atoms with Crippen molar-refractivity contribution in [2.45, 2.75) is 4.90 Å². The summed E-state index contributed by atoms with van der Waals surface area (Å²) in [5.74, 6) is 0.859. The molecule has 2 rings (SSSR count). The Morgan fingerprint density at radius 2 is 1.96 bits per heavy atom. The number of thioether (sulfide) groups is 1. The molecule has 1 amide bonds. The smallest absolute Gasteiger partial charge is 0.250 e. The lowest BCUT2D eigenvalue weighted by Gasteiger charge is -2.03. The molecule has 0 unspecified atom stereocenters. The summed E-state index contributed by atoms with van der Waals surface area (Å²) in [5.41, 5.74) is 3.22. The molecule has 0 bridgehead atoms. The van der Waals surface area contributed by atoms with E-state index in [-0.39, 0.29) is 11.7 Å². The summed E-state index contributed by atoms with van der Waals surface area (Å²) in [7, 11) is 1.61. The van der Waals surface area contributed by atoms with Gasteiger partial charge in [-0.3, -0.25) is 4.79 Å². The number of hydrazone groups is 1. The molecule has 0 aliphatic carbocycles. The maximum absolute atomic E-state index is 11.7. The van der Waals surface area contributed by atoms with Gasteiger partial charge in [-0.15, -0.1) is 11.8 Å². The Kier molecular flexibility index (Phi) is 6.77. The van der Waals surface area contributed by atoms with E-state index in [1.807, 2.05) is 24.3 Å². The van der Waals surface area contributed by atoms with Crippen LogP contribution in [0, 0.1) is 0 Å². The highest BCUT2D eigenvalue weighted by Gasteiger charge is 2.02. The lowest BCUT2D eigenvalue weighted by atomic mass is 10.2. The Hall–Kier alpha value is -1.69. The van der Waals surface area contributed by atoms with E-state index < -0.39 is 0 Å². The van der Waals surface area contributed by atoms with Gasteiger partial charge in [-0.25, -0.2) is 5.43 Å². The molecule has 4 nitrogen and oxygen atoms in total. The van der Waals surface area contributed by atoms with Crippen molar-refractivity contribution in [3.05, 3.63) is 58.1 Å². The number of methoxy groups -OCH3 is 1. The van der Waals surface area contributed by atoms with E-state index in [0.29, 0.717) is 10.0 Å². The number of benzene rings is 2. The third-order valence-electron chi connectivity index (χ3n) is 2.78. The van der Waals surface area contributed by atoms with E-state index in [0.717, 1.165) is 16.2 Å². The Bertz CT molecular complexity index is 706. The number of nitrogens with zero attached hydrogens (tertiary/aromatic N) is 1. The first-order valence-electron chi connectivity index (χ1n) is 6.62. The maximum atomic E-state index is 11.7. The Morgan fingerprint density at radius 1 is 1.22 bits per heavy atom. The van der Waals surface area contributed by atoms with Crippen molar-refractivity contribution in [2.75, 3.05) is 12.9 Å². The van der Waals surface area contributed by atoms with Crippen molar-refractivity contribution in [3.8, 4) is 5.75 Å². The molecule has 0 aromatic heterocycles. The highest BCUT2D eigenvalue weighted by molar-refractivity contribution is 8.00. The van der Waals surface area contributed by atoms with Crippen molar-refractivity contribution < 1.29 is 9.53 Å². The van der Waals surface area contributed by atoms with Gasteiger partial charge in [0.15, 0.2) is 0 Å². The van der Waals surface area contributed by atoms with Crippen LogP contribution in [-0.2, 0) is 4.79 Å². The second kappa shape index (κ2) is 8.82. The summed E-state index contributed by atoms with van der Waals surface area (Å²) in [5, 5.41) is 4.81. The molecule has 0 aliphatic heterocycles. The zero-order valence-corrected chi connectivity index (χ0v) is 14.6. The monoisotopic (exact) mass is 368 g/mol. The fourth-order valence-corrected chi connectivity index (χ4v) is 2.62. The molecule has 0 saturated heterocycles. The zero-order valence-electron chi connectivity index (χ0n) is 12.3. The van der Waals surface area contributed by atoms with Crippen LogP contribution in [-0.4, -0.2) is 25.0 Å². The molecule has 23 heavy (non-hydrogen) atoms. The number of amides is 1. The van der Waals surface area contributed by atoms with Gasteiger partial charge >= 0.3 is 0 Å². The number of hydrogen-bond acceptors (Lipinski definition) is 4. The second-order valence-electron chi connectivity index (χ2n) is 4.43. The summed E-state index contributed by atoms with van der Waals surface area (Å²) in [6, 6.07) is 12.6. The number of halogens is 2. The normalized spacial score (nSPS) is 10.7. The van der Waals surface area contributed by atoms with E-state index in [9.17, 15) is 4.79 Å². The van der Waals surface area contributed by atoms with Gasteiger partial charge in [0.2, 0.25) is 5.91 Å². The van der Waals surface area contributed by atoms with Crippen LogP contribution >= 0.6 is 35.0 Å². The van der Waals surface area contributed by atoms with Gasteiger partial charge in [0, 0.05) is 4.90 Å². The van der Waals surface area contributed by atoms with Crippen molar-refractivity contribution in [3.63, 3.8) is 0 Å². The van der Waals surface area contributed by atoms with Crippen LogP contribution in [0.1, 0.15) is 5.56 Å². The first-order chi connectivity index (χ1) is 11.1. The lowest BCUT2D eigenvalue weighted by Crippen LogP contribution is -2.19. The summed E-state index contributed by atoms with van der Waals surface area (Å²) in [6.45, 7) is 0. The van der Waals surface area contributed by atoms with Crippen LogP contribution in [0.2, 0.25) is 10.0 Å². The minimum atomic E-state index is -0.192. The molecular weight excluding hydrogens is 355 g/mol. The molecule has 2 aromatic rings. The van der Waals surface area contributed by atoms with Gasteiger partial charge in [0.05, 0.1) is 29.1 Å². The molecule has 0 atom stereocenters. The highest BCUT2D eigenvalue weighted by atomic mass is 35.5. The standard InChI is InChI=1S/C16H14Cl2N2O2S/c1-22-12-3-5-13(6-4-12)23-10-16(21)20-19-9-11-2-7-14(17)15(18)8-11/h2-9H,10H2,1H3,(H,20,21)/b19-9+. The van der Waals surface area contributed by atoms with Crippen LogP contribution < -0.4 is 10.2 Å². The summed E-state index contributed by atoms with van der Waals surface area (Å²) >= 11 is 13.1. The number of ether oxygens (including phenoxy) is 1. The molecule has 120 valence electrons. The number of nitrogens with one attached hydrogen (secondary N) is 1. The van der Waals surface area contributed by atoms with Crippen LogP contribution in [0.15, 0.2) is 52.5 Å². The Labute approximate surface area is 148 Å². The summed E-state index contributed by atoms with van der Waals surface area (Å²) in [6.07, 6.45) is 1.51. The molecule has 0 saturated carbocycles. The van der Waals surface area contributed by atoms with Crippen LogP contribution in [0.25, 0.3) is 0 Å². The zero-order chi connectivity index (χ0) is 16.7. The molecule has 0 radical (unpaired) electrons. The van der Waals surface area contributed by atoms with Crippen LogP contribution in [0.4, 0.5) is 0 Å². The van der Waals surface area contributed by atoms with E-state index in [4.69, 9.17) is 27.9 Å². The fraction of sp³-hybridized carbons (Fsp3) is 0.125. The largest absolute Gasteiger partial charge is 0.497 e. The predicted octanol–water partition coefficient (Wildman–Crippen LogP) is 4.24. The molecule has 0 fully saturated rings. The van der Waals surface area contributed by atoms with E-state index in [2.05, 4.69) is 10.5 Å². The van der Waals surface area contributed by atoms with E-state index in [1.54, 1.807) is 25.3 Å². The Morgan fingerprint density at radius 3 is 2.61 bits per heavy atom. The average molecular weight is 369 g/mol. The molecule has 0 heterocycles. The molecular formula is C16H14Cl2N2O2S. The SMILES string of the molecule is COc1ccc(SCC(=O)N/N=C/c2ccc(Cl)c(Cl)c2)cc1. The summed E-state index contributed by atoms with van der Waals surface area (Å²) < 4.78 is 5.08. The number of carbonyl (C=O) groups is 1. The maximum Gasteiger partial charge on any atom is 0.250 e. The first kappa shape index (κ1) is 17.7. The molecule has 2 aromatic carbocycles. The first-order valence-corrected chi connectivity index (χ1v) is 8.36. The lowest BCUT2D eigenvalue weighted by molar-refractivity contribution is -0.118. The minimum absolute atomic E-state index is 0.192. The molecule has 1 N–H and O–H groups in total. The molecule has 0 spiro atoms. The van der Waals surface area contributed by atoms with Gasteiger partial charge in [-0.2, -0.15) is 5.10 Å². The van der Waals surface area contributed by atoms with Crippen LogP contribution in [0.5, 0.6) is 5.75 Å². The minimum Gasteiger partial charge on any atom is -0.497 e. The fourth-order valence-electron chi connectivity index (χ4n) is 1.62. The number of rotatable bonds is 6. The van der Waals surface area contributed by atoms with Crippen LogP contribution in [0.3, 0.4) is 0 Å². The third-order valence-corrected chi connectivity index (χ3v) is 4.53. The van der Waals surface area contributed by atoms with Crippen molar-refractivity contribution >= 4 is 47.1 Å². The molecule has 7 heteroatoms. The number of hydrogen-bond donors (Lipinski definition) is 1. The predicted molar refractivity (Wildman–Crippen MR) is 95.9 cm³/mol. The van der Waals surface area contributed by atoms with Gasteiger partial charge in [-0.05, 0) is 42.0 Å². The second-order valence-corrected chi connectivity index (χ2v) is 6.29. The average Bonchev–Trinajstić information content (AvgIpc) is 2.56. The Balaban J connectivity index is 1.79. The van der Waals surface area contributed by atoms with Crippen molar-refractivity contribution in [1.29, 1.82) is 0 Å². The van der Waals surface area contributed by atoms with Gasteiger partial charge < -0.3 is 4.74 Å². The number of carbonyl (C=O) groups excluding carboxylic acids is 1. The van der Waals surface area contributed by atoms with Gasteiger partial charge in [0.1, 0.15) is 5.75 Å². The van der Waals surface area contributed by atoms with Crippen molar-refractivity contribution in [1.82, 2.24) is 5.43 Å².